The SMILES string of the molecule is N[C@H](c1ccc(Cl)cc1)C(O)c1cncc(Cl)c1. The number of nitrogens with zero attached hydrogens (tertiary/aromatic N) is 1. The lowest BCUT2D eigenvalue weighted by atomic mass is 9.98. The summed E-state index contributed by atoms with van der Waals surface area (Å²) < 4.78 is 0. The number of benzene rings is 1. The molecule has 0 radical (unpaired) electrons. The van der Waals surface area contributed by atoms with Gasteiger partial charge in [-0.2, -0.15) is 0 Å². The smallest absolute Gasteiger partial charge is 0.0997 e. The zero-order valence-electron chi connectivity index (χ0n) is 9.42. The van der Waals surface area contributed by atoms with E-state index in [1.165, 1.54) is 6.20 Å². The lowest BCUT2D eigenvalue weighted by Gasteiger charge is -2.19. The molecule has 5 heteroatoms. The quantitative estimate of drug-likeness (QED) is 0.909. The molecule has 1 heterocycles. The van der Waals surface area contributed by atoms with Gasteiger partial charge in [0.25, 0.3) is 0 Å². The van der Waals surface area contributed by atoms with Crippen LogP contribution in [0.2, 0.25) is 10.0 Å². The van der Waals surface area contributed by atoms with Gasteiger partial charge in [-0.25, -0.2) is 0 Å². The van der Waals surface area contributed by atoms with Crippen LogP contribution < -0.4 is 5.73 Å². The summed E-state index contributed by atoms with van der Waals surface area (Å²) in [5.74, 6) is 0. The first-order chi connectivity index (χ1) is 8.58. The fraction of sp³-hybridized carbons (Fsp3) is 0.154. The Morgan fingerprint density at radius 2 is 1.67 bits per heavy atom. The Morgan fingerprint density at radius 3 is 2.28 bits per heavy atom. The van der Waals surface area contributed by atoms with Crippen LogP contribution in [0.25, 0.3) is 0 Å². The summed E-state index contributed by atoms with van der Waals surface area (Å²) in [6, 6.07) is 8.14. The van der Waals surface area contributed by atoms with Crippen LogP contribution in [0.4, 0.5) is 0 Å². The number of pyridine rings is 1. The maximum absolute atomic E-state index is 10.2. The van der Waals surface area contributed by atoms with Gasteiger partial charge in [-0.05, 0) is 23.8 Å². The second kappa shape index (κ2) is 5.67. The minimum absolute atomic E-state index is 0.467. The van der Waals surface area contributed by atoms with E-state index in [9.17, 15) is 5.11 Å². The average molecular weight is 283 g/mol. The molecule has 0 amide bonds. The van der Waals surface area contributed by atoms with Gasteiger partial charge in [0.15, 0.2) is 0 Å². The highest BCUT2D eigenvalue weighted by molar-refractivity contribution is 6.30. The standard InChI is InChI=1S/C13H12Cl2N2O/c14-10-3-1-8(2-4-10)12(16)13(18)9-5-11(15)7-17-6-9/h1-7,12-13,18H,16H2/t12-,13?/m1/s1. The van der Waals surface area contributed by atoms with Crippen molar-refractivity contribution in [1.29, 1.82) is 0 Å². The van der Waals surface area contributed by atoms with Crippen molar-refractivity contribution in [3.05, 3.63) is 63.9 Å². The molecule has 2 aromatic rings. The fourth-order valence-corrected chi connectivity index (χ4v) is 1.97. The van der Waals surface area contributed by atoms with Crippen LogP contribution in [-0.4, -0.2) is 10.1 Å². The molecular formula is C13H12Cl2N2O. The van der Waals surface area contributed by atoms with E-state index in [1.807, 2.05) is 0 Å². The molecular weight excluding hydrogens is 271 g/mol. The second-order valence-electron chi connectivity index (χ2n) is 3.96. The number of nitrogens with two attached hydrogens (primary N) is 1. The molecule has 3 nitrogen and oxygen atoms in total. The van der Waals surface area contributed by atoms with E-state index in [2.05, 4.69) is 4.98 Å². The summed E-state index contributed by atoms with van der Waals surface area (Å²) in [5, 5.41) is 11.3. The van der Waals surface area contributed by atoms with Crippen LogP contribution in [-0.2, 0) is 0 Å². The Bertz CT molecular complexity index is 531. The molecule has 0 spiro atoms. The summed E-state index contributed by atoms with van der Waals surface area (Å²) in [6.07, 6.45) is 2.19. The lowest BCUT2D eigenvalue weighted by molar-refractivity contribution is 0.146. The van der Waals surface area contributed by atoms with E-state index in [-0.39, 0.29) is 0 Å². The highest BCUT2D eigenvalue weighted by Crippen LogP contribution is 2.28. The highest BCUT2D eigenvalue weighted by atomic mass is 35.5. The Kier molecular flexibility index (Phi) is 4.19. The molecule has 2 atom stereocenters. The summed E-state index contributed by atoms with van der Waals surface area (Å²) in [5.41, 5.74) is 7.39. The van der Waals surface area contributed by atoms with Gasteiger partial charge in [0.1, 0.15) is 0 Å². The molecule has 0 fully saturated rings. The number of aliphatic hydroxyl groups excluding tert-OH is 1. The molecule has 18 heavy (non-hydrogen) atoms. The van der Waals surface area contributed by atoms with E-state index < -0.39 is 12.1 Å². The third-order valence-corrected chi connectivity index (χ3v) is 3.12. The Morgan fingerprint density at radius 1 is 1.00 bits per heavy atom. The van der Waals surface area contributed by atoms with E-state index in [0.717, 1.165) is 5.56 Å². The van der Waals surface area contributed by atoms with E-state index in [1.54, 1.807) is 36.5 Å². The van der Waals surface area contributed by atoms with Crippen molar-refractivity contribution < 1.29 is 5.11 Å². The maximum atomic E-state index is 10.2. The molecule has 1 aromatic carbocycles. The molecule has 0 aliphatic rings. The molecule has 94 valence electrons. The van der Waals surface area contributed by atoms with Crippen LogP contribution in [0, 0.1) is 0 Å². The van der Waals surface area contributed by atoms with Crippen LogP contribution in [0.15, 0.2) is 42.7 Å². The van der Waals surface area contributed by atoms with Crippen molar-refractivity contribution in [2.45, 2.75) is 12.1 Å². The van der Waals surface area contributed by atoms with Gasteiger partial charge in [-0.3, -0.25) is 4.98 Å². The molecule has 0 saturated carbocycles. The zero-order chi connectivity index (χ0) is 13.1. The number of rotatable bonds is 3. The monoisotopic (exact) mass is 282 g/mol. The number of aromatic nitrogens is 1. The van der Waals surface area contributed by atoms with Crippen molar-refractivity contribution >= 4 is 23.2 Å². The van der Waals surface area contributed by atoms with E-state index in [4.69, 9.17) is 28.9 Å². The van der Waals surface area contributed by atoms with Gasteiger partial charge >= 0.3 is 0 Å². The largest absolute Gasteiger partial charge is 0.386 e. The Labute approximate surface area is 115 Å². The average Bonchev–Trinajstić information content (AvgIpc) is 2.38. The topological polar surface area (TPSA) is 59.1 Å². The predicted octanol–water partition coefficient (Wildman–Crippen LogP) is 3.12. The van der Waals surface area contributed by atoms with Crippen molar-refractivity contribution in [3.63, 3.8) is 0 Å². The van der Waals surface area contributed by atoms with Crippen LogP contribution in [0.5, 0.6) is 0 Å². The predicted molar refractivity (Wildman–Crippen MR) is 72.6 cm³/mol. The van der Waals surface area contributed by atoms with Gasteiger partial charge in [0.2, 0.25) is 0 Å². The molecule has 0 aliphatic carbocycles. The maximum Gasteiger partial charge on any atom is 0.0997 e. The van der Waals surface area contributed by atoms with Gasteiger partial charge in [-0.1, -0.05) is 35.3 Å². The van der Waals surface area contributed by atoms with Gasteiger partial charge in [0.05, 0.1) is 17.2 Å². The van der Waals surface area contributed by atoms with Gasteiger partial charge in [-0.15, -0.1) is 0 Å². The normalized spacial score (nSPS) is 14.2. The molecule has 0 saturated heterocycles. The summed E-state index contributed by atoms with van der Waals surface area (Å²) in [4.78, 5) is 3.93. The third kappa shape index (κ3) is 3.00. The Balaban J connectivity index is 2.23. The highest BCUT2D eigenvalue weighted by Gasteiger charge is 2.19. The van der Waals surface area contributed by atoms with Crippen molar-refractivity contribution in [3.8, 4) is 0 Å². The second-order valence-corrected chi connectivity index (χ2v) is 4.83. The molecule has 0 bridgehead atoms. The fourth-order valence-electron chi connectivity index (χ4n) is 1.66. The van der Waals surface area contributed by atoms with E-state index >= 15 is 0 Å². The molecule has 2 rings (SSSR count). The van der Waals surface area contributed by atoms with Gasteiger partial charge in [0, 0.05) is 23.0 Å². The summed E-state index contributed by atoms with van der Waals surface area (Å²) >= 11 is 11.6. The summed E-state index contributed by atoms with van der Waals surface area (Å²) in [7, 11) is 0. The van der Waals surface area contributed by atoms with Crippen molar-refractivity contribution in [1.82, 2.24) is 4.98 Å². The number of aliphatic hydroxyl groups is 1. The van der Waals surface area contributed by atoms with Crippen molar-refractivity contribution in [2.24, 2.45) is 5.73 Å². The first-order valence-electron chi connectivity index (χ1n) is 5.37. The molecule has 0 aliphatic heterocycles. The lowest BCUT2D eigenvalue weighted by Crippen LogP contribution is -2.19. The zero-order valence-corrected chi connectivity index (χ0v) is 10.9. The van der Waals surface area contributed by atoms with Crippen LogP contribution in [0.3, 0.4) is 0 Å². The van der Waals surface area contributed by atoms with Crippen LogP contribution in [0.1, 0.15) is 23.3 Å². The van der Waals surface area contributed by atoms with Gasteiger partial charge < -0.3 is 10.8 Å². The van der Waals surface area contributed by atoms with Crippen LogP contribution >= 0.6 is 23.2 Å². The summed E-state index contributed by atoms with van der Waals surface area (Å²) in [6.45, 7) is 0. The minimum Gasteiger partial charge on any atom is -0.386 e. The molecule has 1 unspecified atom stereocenters. The first kappa shape index (κ1) is 13.3. The van der Waals surface area contributed by atoms with Crippen molar-refractivity contribution in [2.75, 3.05) is 0 Å². The number of hydrogen-bond donors (Lipinski definition) is 2. The molecule has 3 N–H and O–H groups in total. The number of hydrogen-bond acceptors (Lipinski definition) is 3. The minimum atomic E-state index is -0.864. The first-order valence-corrected chi connectivity index (χ1v) is 6.13. The number of halogens is 2. The Hall–Kier alpha value is -1.13. The molecule has 1 aromatic heterocycles. The third-order valence-electron chi connectivity index (χ3n) is 2.66. The van der Waals surface area contributed by atoms with E-state index in [0.29, 0.717) is 15.6 Å².